The second-order valence-electron chi connectivity index (χ2n) is 5.74. The molecule has 0 aliphatic heterocycles. The average Bonchev–Trinajstić information content (AvgIpc) is 2.63. The average molecular weight is 385 g/mol. The number of rotatable bonds is 7. The van der Waals surface area contributed by atoms with Crippen molar-refractivity contribution >= 4 is 34.7 Å². The Balaban J connectivity index is 1.88. The Bertz CT molecular complexity index is 934. The summed E-state index contributed by atoms with van der Waals surface area (Å²) in [5.41, 5.74) is 2.34. The van der Waals surface area contributed by atoms with E-state index < -0.39 is 0 Å². The van der Waals surface area contributed by atoms with Crippen LogP contribution in [0.25, 0.3) is 0 Å². The van der Waals surface area contributed by atoms with Crippen molar-refractivity contribution in [3.05, 3.63) is 59.2 Å². The molecule has 0 amide bonds. The zero-order valence-corrected chi connectivity index (χ0v) is 16.2. The number of ether oxygens (including phenoxy) is 2. The fourth-order valence-corrected chi connectivity index (χ4v) is 2.75. The molecule has 2 aromatic carbocycles. The molecule has 0 saturated carbocycles. The number of halogens is 1. The van der Waals surface area contributed by atoms with Crippen LogP contribution in [-0.4, -0.2) is 23.7 Å². The van der Waals surface area contributed by atoms with Gasteiger partial charge in [-0.05, 0) is 44.2 Å². The largest absolute Gasteiger partial charge is 0.495 e. The Hall–Kier alpha value is -2.99. The number of anilines is 4. The Labute approximate surface area is 163 Å². The molecule has 27 heavy (non-hydrogen) atoms. The first-order chi connectivity index (χ1) is 13.1. The summed E-state index contributed by atoms with van der Waals surface area (Å²) in [6.45, 7) is 4.44. The molecule has 7 heteroatoms. The molecule has 0 fully saturated rings. The summed E-state index contributed by atoms with van der Waals surface area (Å²) in [7, 11) is 1.60. The number of methoxy groups -OCH3 is 1. The molecular weight excluding hydrogens is 364 g/mol. The first kappa shape index (κ1) is 18.8. The van der Waals surface area contributed by atoms with Gasteiger partial charge >= 0.3 is 0 Å². The quantitative estimate of drug-likeness (QED) is 0.573. The molecule has 0 radical (unpaired) electrons. The fourth-order valence-electron chi connectivity index (χ4n) is 2.58. The maximum atomic E-state index is 6.09. The number of hydrogen-bond donors (Lipinski definition) is 2. The van der Waals surface area contributed by atoms with Crippen molar-refractivity contribution in [2.45, 2.75) is 13.8 Å². The van der Waals surface area contributed by atoms with Gasteiger partial charge in [0.15, 0.2) is 0 Å². The van der Waals surface area contributed by atoms with Crippen LogP contribution in [0, 0.1) is 6.92 Å². The van der Waals surface area contributed by atoms with E-state index in [1.165, 1.54) is 0 Å². The summed E-state index contributed by atoms with van der Waals surface area (Å²) in [5.74, 6) is 2.51. The van der Waals surface area contributed by atoms with Gasteiger partial charge in [-0.25, -0.2) is 4.98 Å². The predicted molar refractivity (Wildman–Crippen MR) is 109 cm³/mol. The van der Waals surface area contributed by atoms with Crippen LogP contribution in [0.15, 0.2) is 48.5 Å². The van der Waals surface area contributed by atoms with Crippen LogP contribution in [0.1, 0.15) is 12.6 Å². The molecule has 0 aliphatic carbocycles. The van der Waals surface area contributed by atoms with Gasteiger partial charge in [0.05, 0.1) is 25.1 Å². The van der Waals surface area contributed by atoms with Crippen LogP contribution in [0.2, 0.25) is 5.02 Å². The third-order valence-corrected chi connectivity index (χ3v) is 3.95. The van der Waals surface area contributed by atoms with Crippen LogP contribution in [0.3, 0.4) is 0 Å². The number of hydrogen-bond acceptors (Lipinski definition) is 6. The number of aromatic nitrogens is 2. The Kier molecular flexibility index (Phi) is 5.98. The third-order valence-electron chi connectivity index (χ3n) is 3.71. The summed E-state index contributed by atoms with van der Waals surface area (Å²) in [5, 5.41) is 7.05. The number of nitrogens with one attached hydrogen (secondary N) is 2. The molecule has 0 unspecified atom stereocenters. The van der Waals surface area contributed by atoms with Crippen molar-refractivity contribution in [2.24, 2.45) is 0 Å². The van der Waals surface area contributed by atoms with E-state index in [1.54, 1.807) is 25.3 Å². The maximum Gasteiger partial charge on any atom is 0.229 e. The second kappa shape index (κ2) is 8.60. The van der Waals surface area contributed by atoms with E-state index in [0.717, 1.165) is 17.1 Å². The normalized spacial score (nSPS) is 10.4. The van der Waals surface area contributed by atoms with Crippen LogP contribution >= 0.6 is 11.6 Å². The SMILES string of the molecule is CCOc1ccccc1Nc1cc(C)nc(Nc2cc(Cl)ccc2OC)n1. The lowest BCUT2D eigenvalue weighted by atomic mass is 10.3. The maximum absolute atomic E-state index is 6.09. The molecule has 140 valence electrons. The van der Waals surface area contributed by atoms with Gasteiger partial charge in [-0.1, -0.05) is 23.7 Å². The Morgan fingerprint density at radius 1 is 0.963 bits per heavy atom. The second-order valence-corrected chi connectivity index (χ2v) is 6.18. The third kappa shape index (κ3) is 4.80. The Morgan fingerprint density at radius 2 is 1.78 bits per heavy atom. The first-order valence-electron chi connectivity index (χ1n) is 8.54. The van der Waals surface area contributed by atoms with Gasteiger partial charge in [-0.3, -0.25) is 0 Å². The van der Waals surface area contributed by atoms with Gasteiger partial charge in [0, 0.05) is 16.8 Å². The molecule has 1 aromatic heterocycles. The lowest BCUT2D eigenvalue weighted by Crippen LogP contribution is -2.04. The van der Waals surface area contributed by atoms with E-state index >= 15 is 0 Å². The molecule has 0 aliphatic rings. The first-order valence-corrected chi connectivity index (χ1v) is 8.92. The topological polar surface area (TPSA) is 68.3 Å². The van der Waals surface area contributed by atoms with Crippen LogP contribution in [0.5, 0.6) is 11.5 Å². The van der Waals surface area contributed by atoms with E-state index in [-0.39, 0.29) is 0 Å². The number of aryl methyl sites for hydroxylation is 1. The Morgan fingerprint density at radius 3 is 2.56 bits per heavy atom. The van der Waals surface area contributed by atoms with Crippen LogP contribution in [-0.2, 0) is 0 Å². The summed E-state index contributed by atoms with van der Waals surface area (Å²) in [6.07, 6.45) is 0. The van der Waals surface area contributed by atoms with Crippen molar-refractivity contribution in [1.82, 2.24) is 9.97 Å². The lowest BCUT2D eigenvalue weighted by Gasteiger charge is -2.14. The highest BCUT2D eigenvalue weighted by Gasteiger charge is 2.09. The standard InChI is InChI=1S/C20H21ClN4O2/c1-4-27-18-8-6-5-7-15(18)23-19-11-13(2)22-20(25-19)24-16-12-14(21)9-10-17(16)26-3/h5-12H,4H2,1-3H3,(H2,22,23,24,25). The van der Waals surface area contributed by atoms with Gasteiger partial charge in [0.25, 0.3) is 0 Å². The van der Waals surface area contributed by atoms with Crippen molar-refractivity contribution in [2.75, 3.05) is 24.4 Å². The smallest absolute Gasteiger partial charge is 0.229 e. The fraction of sp³-hybridized carbons (Fsp3) is 0.200. The van der Waals surface area contributed by atoms with E-state index in [1.807, 2.05) is 44.2 Å². The molecule has 0 atom stereocenters. The summed E-state index contributed by atoms with van der Waals surface area (Å²) >= 11 is 6.09. The highest BCUT2D eigenvalue weighted by Crippen LogP contribution is 2.31. The molecule has 1 heterocycles. The summed E-state index contributed by atoms with van der Waals surface area (Å²) in [4.78, 5) is 8.99. The van der Waals surface area contributed by atoms with Crippen molar-refractivity contribution < 1.29 is 9.47 Å². The summed E-state index contributed by atoms with van der Waals surface area (Å²) < 4.78 is 11.0. The van der Waals surface area contributed by atoms with Crippen molar-refractivity contribution in [1.29, 1.82) is 0 Å². The lowest BCUT2D eigenvalue weighted by molar-refractivity contribution is 0.342. The zero-order valence-electron chi connectivity index (χ0n) is 15.4. The highest BCUT2D eigenvalue weighted by atomic mass is 35.5. The number of para-hydroxylation sites is 2. The molecule has 3 aromatic rings. The molecule has 6 nitrogen and oxygen atoms in total. The minimum absolute atomic E-state index is 0.437. The molecular formula is C20H21ClN4O2. The van der Waals surface area contributed by atoms with Gasteiger partial charge in [-0.15, -0.1) is 0 Å². The van der Waals surface area contributed by atoms with E-state index in [2.05, 4.69) is 20.6 Å². The number of nitrogens with zero attached hydrogens (tertiary/aromatic N) is 2. The molecule has 0 bridgehead atoms. The van der Waals surface area contributed by atoms with Crippen molar-refractivity contribution in [3.63, 3.8) is 0 Å². The van der Waals surface area contributed by atoms with Gasteiger partial charge < -0.3 is 20.1 Å². The van der Waals surface area contributed by atoms with Crippen molar-refractivity contribution in [3.8, 4) is 11.5 Å². The molecule has 0 saturated heterocycles. The molecule has 3 rings (SSSR count). The minimum Gasteiger partial charge on any atom is -0.495 e. The monoisotopic (exact) mass is 384 g/mol. The van der Waals surface area contributed by atoms with Gasteiger partial charge in [0.2, 0.25) is 5.95 Å². The molecule has 2 N–H and O–H groups in total. The van der Waals surface area contributed by atoms with Crippen LogP contribution in [0.4, 0.5) is 23.1 Å². The predicted octanol–water partition coefficient (Wildman–Crippen LogP) is 5.33. The zero-order chi connectivity index (χ0) is 19.2. The minimum atomic E-state index is 0.437. The van der Waals surface area contributed by atoms with Gasteiger partial charge in [0.1, 0.15) is 17.3 Å². The molecule has 0 spiro atoms. The van der Waals surface area contributed by atoms with E-state index in [9.17, 15) is 0 Å². The van der Waals surface area contributed by atoms with Crippen LogP contribution < -0.4 is 20.1 Å². The highest BCUT2D eigenvalue weighted by molar-refractivity contribution is 6.31. The van der Waals surface area contributed by atoms with E-state index in [0.29, 0.717) is 34.8 Å². The van der Waals surface area contributed by atoms with Gasteiger partial charge in [-0.2, -0.15) is 4.98 Å². The summed E-state index contributed by atoms with van der Waals surface area (Å²) in [6, 6.07) is 14.9. The number of benzene rings is 2. The van der Waals surface area contributed by atoms with E-state index in [4.69, 9.17) is 21.1 Å².